The fraction of sp³-hybridized carbons (Fsp3) is 0.348. The van der Waals surface area contributed by atoms with Gasteiger partial charge in [-0.2, -0.15) is 0 Å². The molecule has 6 nitrogen and oxygen atoms in total. The Morgan fingerprint density at radius 1 is 1.19 bits per heavy atom. The maximum absolute atomic E-state index is 13.2. The fourth-order valence-electron chi connectivity index (χ4n) is 3.83. The molecule has 162 valence electrons. The lowest BCUT2D eigenvalue weighted by molar-refractivity contribution is 0.0794. The molecule has 0 spiro atoms. The van der Waals surface area contributed by atoms with Gasteiger partial charge >= 0.3 is 0 Å². The number of aryl methyl sites for hydroxylation is 2. The SMILES string of the molecule is CCNc1nc(C)c(C(=O)N2CC[C@@H](c3cc(Nc4ccc(F)cc4)cc(C)n3)C2)s1. The number of carbonyl (C=O) groups is 1. The molecule has 0 bridgehead atoms. The van der Waals surface area contributed by atoms with E-state index in [4.69, 9.17) is 4.98 Å². The summed E-state index contributed by atoms with van der Waals surface area (Å²) in [5.74, 6) is -0.0420. The first-order chi connectivity index (χ1) is 14.9. The Labute approximate surface area is 185 Å². The van der Waals surface area contributed by atoms with Crippen LogP contribution in [0.25, 0.3) is 0 Å². The van der Waals surface area contributed by atoms with Crippen LogP contribution < -0.4 is 10.6 Å². The van der Waals surface area contributed by atoms with Crippen LogP contribution in [0.2, 0.25) is 0 Å². The van der Waals surface area contributed by atoms with E-state index in [1.165, 1.54) is 23.5 Å². The standard InChI is InChI=1S/C23H26FN5OS/c1-4-25-23-27-15(3)21(31-23)22(30)29-10-9-16(13-29)20-12-19(11-14(2)26-20)28-18-7-5-17(24)6-8-18/h5-8,11-12,16H,4,9-10,13H2,1-3H3,(H,25,27)(H,26,28)/t16-/m1/s1. The van der Waals surface area contributed by atoms with Crippen LogP contribution in [0.5, 0.6) is 0 Å². The van der Waals surface area contributed by atoms with Crippen molar-refractivity contribution < 1.29 is 9.18 Å². The maximum Gasteiger partial charge on any atom is 0.265 e. The van der Waals surface area contributed by atoms with Gasteiger partial charge in [0.05, 0.1) is 5.69 Å². The Balaban J connectivity index is 1.48. The first kappa shape index (κ1) is 21.2. The number of aromatic nitrogens is 2. The molecule has 0 aliphatic carbocycles. The number of halogens is 1. The molecule has 3 aromatic rings. The van der Waals surface area contributed by atoms with E-state index in [9.17, 15) is 9.18 Å². The highest BCUT2D eigenvalue weighted by atomic mass is 32.1. The molecule has 1 saturated heterocycles. The number of likely N-dealkylation sites (tertiary alicyclic amines) is 1. The molecular weight excluding hydrogens is 413 g/mol. The third kappa shape index (κ3) is 4.85. The quantitative estimate of drug-likeness (QED) is 0.559. The second kappa shape index (κ2) is 9.01. The van der Waals surface area contributed by atoms with Crippen molar-refractivity contribution in [3.8, 4) is 0 Å². The van der Waals surface area contributed by atoms with E-state index in [1.807, 2.05) is 37.8 Å². The van der Waals surface area contributed by atoms with Crippen molar-refractivity contribution in [1.82, 2.24) is 14.9 Å². The Morgan fingerprint density at radius 2 is 1.97 bits per heavy atom. The first-order valence-electron chi connectivity index (χ1n) is 10.4. The van der Waals surface area contributed by atoms with Gasteiger partial charge < -0.3 is 15.5 Å². The van der Waals surface area contributed by atoms with Gasteiger partial charge in [-0.05, 0) is 63.6 Å². The molecule has 0 saturated carbocycles. The summed E-state index contributed by atoms with van der Waals surface area (Å²) in [5.41, 5.74) is 4.37. The number of pyridine rings is 1. The van der Waals surface area contributed by atoms with Crippen LogP contribution in [-0.2, 0) is 0 Å². The summed E-state index contributed by atoms with van der Waals surface area (Å²) in [4.78, 5) is 24.9. The summed E-state index contributed by atoms with van der Waals surface area (Å²) < 4.78 is 13.2. The Hall–Kier alpha value is -3.00. The number of carbonyl (C=O) groups excluding carboxylic acids is 1. The molecular formula is C23H26FN5OS. The summed E-state index contributed by atoms with van der Waals surface area (Å²) >= 11 is 1.42. The van der Waals surface area contributed by atoms with E-state index < -0.39 is 0 Å². The van der Waals surface area contributed by atoms with E-state index in [1.54, 1.807) is 12.1 Å². The lowest BCUT2D eigenvalue weighted by Gasteiger charge is -2.17. The predicted molar refractivity (Wildman–Crippen MR) is 123 cm³/mol. The number of thiazole rings is 1. The zero-order valence-corrected chi connectivity index (χ0v) is 18.7. The maximum atomic E-state index is 13.2. The van der Waals surface area contributed by atoms with E-state index in [-0.39, 0.29) is 17.6 Å². The zero-order chi connectivity index (χ0) is 22.0. The summed E-state index contributed by atoms with van der Waals surface area (Å²) in [6.07, 6.45) is 0.871. The molecule has 0 unspecified atom stereocenters. The lowest BCUT2D eigenvalue weighted by Crippen LogP contribution is -2.28. The van der Waals surface area contributed by atoms with Gasteiger partial charge in [-0.15, -0.1) is 0 Å². The highest BCUT2D eigenvalue weighted by Crippen LogP contribution is 2.32. The highest BCUT2D eigenvalue weighted by Gasteiger charge is 2.31. The molecule has 1 amide bonds. The van der Waals surface area contributed by atoms with Gasteiger partial charge in [0.2, 0.25) is 0 Å². The number of nitrogens with one attached hydrogen (secondary N) is 2. The van der Waals surface area contributed by atoms with Crippen molar-refractivity contribution in [2.24, 2.45) is 0 Å². The average Bonchev–Trinajstić information content (AvgIpc) is 3.36. The summed E-state index contributed by atoms with van der Waals surface area (Å²) in [6, 6.07) is 10.3. The smallest absolute Gasteiger partial charge is 0.265 e. The van der Waals surface area contributed by atoms with Gasteiger partial charge in [0.15, 0.2) is 5.13 Å². The molecule has 1 fully saturated rings. The minimum absolute atomic E-state index is 0.0407. The number of nitrogens with zero attached hydrogens (tertiary/aromatic N) is 3. The molecule has 1 atom stereocenters. The molecule has 2 aromatic heterocycles. The third-order valence-electron chi connectivity index (χ3n) is 5.32. The fourth-order valence-corrected chi connectivity index (χ4v) is 4.83. The third-order valence-corrected chi connectivity index (χ3v) is 6.42. The topological polar surface area (TPSA) is 70.2 Å². The number of hydrogen-bond acceptors (Lipinski definition) is 6. The van der Waals surface area contributed by atoms with Gasteiger partial charge in [-0.25, -0.2) is 9.37 Å². The van der Waals surface area contributed by atoms with Crippen LogP contribution in [0.3, 0.4) is 0 Å². The van der Waals surface area contributed by atoms with Crippen molar-refractivity contribution in [1.29, 1.82) is 0 Å². The largest absolute Gasteiger partial charge is 0.362 e. The van der Waals surface area contributed by atoms with Crippen molar-refractivity contribution in [2.45, 2.75) is 33.1 Å². The highest BCUT2D eigenvalue weighted by molar-refractivity contribution is 7.17. The van der Waals surface area contributed by atoms with Gasteiger partial charge in [-0.1, -0.05) is 11.3 Å². The first-order valence-corrected chi connectivity index (χ1v) is 11.3. The normalized spacial score (nSPS) is 15.9. The number of amides is 1. The van der Waals surface area contributed by atoms with Crippen LogP contribution >= 0.6 is 11.3 Å². The monoisotopic (exact) mass is 439 g/mol. The van der Waals surface area contributed by atoms with Crippen molar-refractivity contribution >= 4 is 33.8 Å². The number of benzene rings is 1. The van der Waals surface area contributed by atoms with E-state index >= 15 is 0 Å². The van der Waals surface area contributed by atoms with Gasteiger partial charge in [0, 0.05) is 48.3 Å². The van der Waals surface area contributed by atoms with Crippen molar-refractivity contribution in [2.75, 3.05) is 30.3 Å². The summed E-state index contributed by atoms with van der Waals surface area (Å²) in [6.45, 7) is 7.97. The van der Waals surface area contributed by atoms with Crippen LogP contribution in [0.4, 0.5) is 20.9 Å². The molecule has 1 aliphatic rings. The van der Waals surface area contributed by atoms with Crippen LogP contribution in [0, 0.1) is 19.7 Å². The van der Waals surface area contributed by atoms with Crippen LogP contribution in [-0.4, -0.2) is 40.4 Å². The minimum atomic E-state index is -0.262. The number of hydrogen-bond donors (Lipinski definition) is 2. The van der Waals surface area contributed by atoms with Gasteiger partial charge in [0.25, 0.3) is 5.91 Å². The lowest BCUT2D eigenvalue weighted by atomic mass is 10.0. The Kier molecular flexibility index (Phi) is 6.18. The molecule has 2 N–H and O–H groups in total. The van der Waals surface area contributed by atoms with Crippen LogP contribution in [0.15, 0.2) is 36.4 Å². The second-order valence-electron chi connectivity index (χ2n) is 7.75. The molecule has 3 heterocycles. The van der Waals surface area contributed by atoms with Crippen molar-refractivity contribution in [3.63, 3.8) is 0 Å². The Morgan fingerprint density at radius 3 is 2.71 bits per heavy atom. The summed E-state index contributed by atoms with van der Waals surface area (Å²) in [5, 5.41) is 7.29. The summed E-state index contributed by atoms with van der Waals surface area (Å²) in [7, 11) is 0. The minimum Gasteiger partial charge on any atom is -0.362 e. The molecule has 1 aliphatic heterocycles. The van der Waals surface area contributed by atoms with Gasteiger partial charge in [-0.3, -0.25) is 9.78 Å². The second-order valence-corrected chi connectivity index (χ2v) is 8.75. The van der Waals surface area contributed by atoms with E-state index in [0.29, 0.717) is 18.0 Å². The van der Waals surface area contributed by atoms with Crippen LogP contribution in [0.1, 0.15) is 46.0 Å². The predicted octanol–water partition coefficient (Wildman–Crippen LogP) is 5.10. The average molecular weight is 440 g/mol. The Bertz CT molecular complexity index is 1080. The number of rotatable bonds is 6. The molecule has 4 rings (SSSR count). The molecule has 0 radical (unpaired) electrons. The number of anilines is 3. The van der Waals surface area contributed by atoms with E-state index in [0.717, 1.165) is 46.6 Å². The van der Waals surface area contributed by atoms with Crippen molar-refractivity contribution in [3.05, 3.63) is 64.2 Å². The molecule has 1 aromatic carbocycles. The van der Waals surface area contributed by atoms with E-state index in [2.05, 4.69) is 15.6 Å². The molecule has 31 heavy (non-hydrogen) atoms. The van der Waals surface area contributed by atoms with Gasteiger partial charge in [0.1, 0.15) is 10.7 Å². The molecule has 8 heteroatoms. The zero-order valence-electron chi connectivity index (χ0n) is 17.9.